The molecule has 1 atom stereocenters. The van der Waals surface area contributed by atoms with Crippen LogP contribution in [0.3, 0.4) is 0 Å². The summed E-state index contributed by atoms with van der Waals surface area (Å²) >= 11 is 6.21. The Labute approximate surface area is 119 Å². The van der Waals surface area contributed by atoms with Crippen LogP contribution in [-0.4, -0.2) is 4.98 Å². The number of rotatable bonds is 1. The summed E-state index contributed by atoms with van der Waals surface area (Å²) in [6.07, 6.45) is 0. The molecule has 0 fully saturated rings. The third-order valence-corrected chi connectivity index (χ3v) is 3.28. The van der Waals surface area contributed by atoms with Gasteiger partial charge in [0.15, 0.2) is 0 Å². The molecular weight excluding hydrogens is 267 g/mol. The zero-order valence-electron chi connectivity index (χ0n) is 10.8. The molecule has 0 amide bonds. The number of nitrogens with two attached hydrogens (primary N) is 1. The highest BCUT2D eigenvalue weighted by Crippen LogP contribution is 2.34. The monoisotopic (exact) mass is 284 g/mol. The van der Waals surface area contributed by atoms with E-state index in [9.17, 15) is 0 Å². The van der Waals surface area contributed by atoms with Crippen molar-refractivity contribution >= 4 is 34.9 Å². The number of fused-ring (bicyclic) bond motifs is 1. The summed E-state index contributed by atoms with van der Waals surface area (Å²) in [5.74, 6) is 0. The fourth-order valence-corrected chi connectivity index (χ4v) is 2.06. The maximum atomic E-state index is 6.24. The van der Waals surface area contributed by atoms with E-state index in [-0.39, 0.29) is 23.9 Å². The molecule has 0 aliphatic rings. The fraction of sp³-hybridized carbons (Fsp3) is 0.357. The van der Waals surface area contributed by atoms with Gasteiger partial charge in [-0.05, 0) is 17.5 Å². The van der Waals surface area contributed by atoms with Gasteiger partial charge in [0.2, 0.25) is 0 Å². The Morgan fingerprint density at radius 2 is 1.83 bits per heavy atom. The third-order valence-electron chi connectivity index (χ3n) is 2.97. The van der Waals surface area contributed by atoms with E-state index in [1.807, 2.05) is 30.3 Å². The van der Waals surface area contributed by atoms with Crippen LogP contribution in [0.2, 0.25) is 5.15 Å². The molecule has 4 heteroatoms. The highest BCUT2D eigenvalue weighted by Gasteiger charge is 2.25. The summed E-state index contributed by atoms with van der Waals surface area (Å²) in [6.45, 7) is 6.30. The number of hydrogen-bond acceptors (Lipinski definition) is 2. The standard InChI is InChI=1S/C14H17ClN2.ClH/c1-14(2,3)12(16)10-8-9-6-4-5-7-11(9)17-13(10)15;/h4-8,12H,16H2,1-3H3;1H/t12-;/m0./s1. The summed E-state index contributed by atoms with van der Waals surface area (Å²) in [7, 11) is 0. The second kappa shape index (κ2) is 5.43. The van der Waals surface area contributed by atoms with Crippen molar-refractivity contribution in [2.45, 2.75) is 26.8 Å². The van der Waals surface area contributed by atoms with Crippen molar-refractivity contribution < 1.29 is 0 Å². The summed E-state index contributed by atoms with van der Waals surface area (Å²) in [6, 6.07) is 9.84. The SMILES string of the molecule is CC(C)(C)[C@@H](N)c1cc2ccccc2nc1Cl.Cl. The van der Waals surface area contributed by atoms with E-state index in [4.69, 9.17) is 17.3 Å². The predicted octanol–water partition coefficient (Wildman–Crippen LogP) is 4.36. The zero-order valence-corrected chi connectivity index (χ0v) is 12.3. The third kappa shape index (κ3) is 2.94. The van der Waals surface area contributed by atoms with Crippen molar-refractivity contribution in [1.29, 1.82) is 0 Å². The second-order valence-electron chi connectivity index (χ2n) is 5.40. The van der Waals surface area contributed by atoms with Gasteiger partial charge in [0.25, 0.3) is 0 Å². The summed E-state index contributed by atoms with van der Waals surface area (Å²) in [4.78, 5) is 4.40. The van der Waals surface area contributed by atoms with Crippen LogP contribution < -0.4 is 5.73 Å². The van der Waals surface area contributed by atoms with E-state index in [2.05, 4.69) is 25.8 Å². The molecule has 18 heavy (non-hydrogen) atoms. The van der Waals surface area contributed by atoms with E-state index >= 15 is 0 Å². The van der Waals surface area contributed by atoms with Crippen LogP contribution in [0.25, 0.3) is 10.9 Å². The summed E-state index contributed by atoms with van der Waals surface area (Å²) in [5.41, 5.74) is 8.03. The maximum Gasteiger partial charge on any atom is 0.134 e. The quantitative estimate of drug-likeness (QED) is 0.791. The van der Waals surface area contributed by atoms with E-state index in [1.54, 1.807) is 0 Å². The lowest BCUT2D eigenvalue weighted by Crippen LogP contribution is -2.26. The Hall–Kier alpha value is -0.830. The van der Waals surface area contributed by atoms with Crippen LogP contribution >= 0.6 is 24.0 Å². The van der Waals surface area contributed by atoms with Crippen molar-refractivity contribution in [3.63, 3.8) is 0 Å². The lowest BCUT2D eigenvalue weighted by molar-refractivity contribution is 0.327. The Kier molecular flexibility index (Phi) is 4.60. The maximum absolute atomic E-state index is 6.24. The van der Waals surface area contributed by atoms with E-state index in [0.29, 0.717) is 5.15 Å². The first kappa shape index (κ1) is 15.2. The van der Waals surface area contributed by atoms with Gasteiger partial charge in [-0.1, -0.05) is 50.6 Å². The van der Waals surface area contributed by atoms with Crippen molar-refractivity contribution in [1.82, 2.24) is 4.98 Å². The molecule has 98 valence electrons. The number of pyridine rings is 1. The summed E-state index contributed by atoms with van der Waals surface area (Å²) < 4.78 is 0. The molecule has 2 N–H and O–H groups in total. The van der Waals surface area contributed by atoms with E-state index in [0.717, 1.165) is 16.5 Å². The topological polar surface area (TPSA) is 38.9 Å². The Morgan fingerprint density at radius 3 is 2.44 bits per heavy atom. The average Bonchev–Trinajstić information content (AvgIpc) is 2.26. The minimum Gasteiger partial charge on any atom is -0.323 e. The minimum atomic E-state index is -0.118. The highest BCUT2D eigenvalue weighted by atomic mass is 35.5. The second-order valence-corrected chi connectivity index (χ2v) is 5.76. The van der Waals surface area contributed by atoms with Crippen molar-refractivity contribution in [3.8, 4) is 0 Å². The molecule has 1 aromatic carbocycles. The van der Waals surface area contributed by atoms with Crippen LogP contribution in [0.4, 0.5) is 0 Å². The number of benzene rings is 1. The largest absolute Gasteiger partial charge is 0.323 e. The molecule has 2 aromatic rings. The molecule has 0 aliphatic heterocycles. The molecule has 0 radical (unpaired) electrons. The Balaban J connectivity index is 0.00000162. The number of para-hydroxylation sites is 1. The average molecular weight is 285 g/mol. The lowest BCUT2D eigenvalue weighted by atomic mass is 9.83. The lowest BCUT2D eigenvalue weighted by Gasteiger charge is -2.28. The van der Waals surface area contributed by atoms with Crippen LogP contribution in [0.1, 0.15) is 32.4 Å². The first-order chi connectivity index (χ1) is 7.89. The van der Waals surface area contributed by atoms with Crippen LogP contribution in [-0.2, 0) is 0 Å². The van der Waals surface area contributed by atoms with E-state index < -0.39 is 0 Å². The fourth-order valence-electron chi connectivity index (χ4n) is 1.79. The smallest absolute Gasteiger partial charge is 0.134 e. The van der Waals surface area contributed by atoms with Crippen molar-refractivity contribution in [2.24, 2.45) is 11.1 Å². The molecule has 1 aromatic heterocycles. The molecule has 1 heterocycles. The van der Waals surface area contributed by atoms with Gasteiger partial charge in [0, 0.05) is 17.0 Å². The predicted molar refractivity (Wildman–Crippen MR) is 80.4 cm³/mol. The van der Waals surface area contributed by atoms with Gasteiger partial charge in [0.1, 0.15) is 5.15 Å². The first-order valence-corrected chi connectivity index (χ1v) is 6.08. The van der Waals surface area contributed by atoms with E-state index in [1.165, 1.54) is 0 Å². The van der Waals surface area contributed by atoms with Gasteiger partial charge < -0.3 is 5.73 Å². The molecule has 2 nitrogen and oxygen atoms in total. The number of halogens is 2. The van der Waals surface area contributed by atoms with Gasteiger partial charge in [0.05, 0.1) is 5.52 Å². The van der Waals surface area contributed by atoms with Gasteiger partial charge >= 0.3 is 0 Å². The number of aromatic nitrogens is 1. The molecule has 0 aliphatic carbocycles. The molecule has 0 unspecified atom stereocenters. The number of nitrogens with zero attached hydrogens (tertiary/aromatic N) is 1. The van der Waals surface area contributed by atoms with Gasteiger partial charge in [-0.3, -0.25) is 0 Å². The molecule has 0 saturated heterocycles. The Morgan fingerprint density at radius 1 is 1.22 bits per heavy atom. The highest BCUT2D eigenvalue weighted by molar-refractivity contribution is 6.30. The van der Waals surface area contributed by atoms with Crippen LogP contribution in [0.15, 0.2) is 30.3 Å². The molecule has 0 bridgehead atoms. The van der Waals surface area contributed by atoms with Gasteiger partial charge in [-0.15, -0.1) is 12.4 Å². The van der Waals surface area contributed by atoms with Crippen molar-refractivity contribution in [3.05, 3.63) is 41.0 Å². The molecular formula is C14H18Cl2N2. The molecule has 0 saturated carbocycles. The zero-order chi connectivity index (χ0) is 12.6. The van der Waals surface area contributed by atoms with Gasteiger partial charge in [-0.2, -0.15) is 0 Å². The Bertz CT molecular complexity index is 547. The van der Waals surface area contributed by atoms with Crippen LogP contribution in [0, 0.1) is 5.41 Å². The summed E-state index contributed by atoms with van der Waals surface area (Å²) in [5, 5.41) is 1.58. The normalized spacial score (nSPS) is 13.2. The van der Waals surface area contributed by atoms with Gasteiger partial charge in [-0.25, -0.2) is 4.98 Å². The minimum absolute atomic E-state index is 0. The molecule has 2 rings (SSSR count). The number of hydrogen-bond donors (Lipinski definition) is 1. The first-order valence-electron chi connectivity index (χ1n) is 5.70. The van der Waals surface area contributed by atoms with Crippen molar-refractivity contribution in [2.75, 3.05) is 0 Å². The van der Waals surface area contributed by atoms with Crippen LogP contribution in [0.5, 0.6) is 0 Å². The molecule has 0 spiro atoms.